The van der Waals surface area contributed by atoms with E-state index in [1.165, 1.54) is 27.8 Å². The number of aromatic nitrogens is 2. The van der Waals surface area contributed by atoms with Crippen molar-refractivity contribution in [2.75, 3.05) is 25.0 Å². The Kier molecular flexibility index (Phi) is 5.81. The summed E-state index contributed by atoms with van der Waals surface area (Å²) in [5.41, 5.74) is 1.21. The van der Waals surface area contributed by atoms with Gasteiger partial charge in [-0.2, -0.15) is 0 Å². The first-order valence-electron chi connectivity index (χ1n) is 10.2. The van der Waals surface area contributed by atoms with Crippen molar-refractivity contribution < 1.29 is 18.7 Å². The number of halogens is 1. The molecule has 166 valence electrons. The Hall–Kier alpha value is -3.88. The number of nitrogens with one attached hydrogen (secondary N) is 1. The lowest BCUT2D eigenvalue weighted by Gasteiger charge is -2.38. The number of rotatable bonds is 6. The van der Waals surface area contributed by atoms with Crippen LogP contribution in [-0.4, -0.2) is 45.8 Å². The van der Waals surface area contributed by atoms with Crippen LogP contribution in [-0.2, 0) is 16.6 Å². The van der Waals surface area contributed by atoms with Gasteiger partial charge in [-0.1, -0.05) is 30.3 Å². The van der Waals surface area contributed by atoms with Gasteiger partial charge in [0, 0.05) is 20.1 Å². The molecule has 8 nitrogen and oxygen atoms in total. The van der Waals surface area contributed by atoms with E-state index in [1.807, 2.05) is 30.3 Å². The Bertz CT molecular complexity index is 1210. The fourth-order valence-corrected chi connectivity index (χ4v) is 3.58. The minimum atomic E-state index is -0.541. The number of anilines is 1. The summed E-state index contributed by atoms with van der Waals surface area (Å²) in [5.74, 6) is -1.63. The Morgan fingerprint density at radius 3 is 2.44 bits per heavy atom. The maximum absolute atomic E-state index is 13.6. The van der Waals surface area contributed by atoms with Crippen LogP contribution in [0.25, 0.3) is 5.69 Å². The summed E-state index contributed by atoms with van der Waals surface area (Å²) < 4.78 is 22.0. The Labute approximate surface area is 183 Å². The lowest BCUT2D eigenvalue weighted by Crippen LogP contribution is -2.55. The molecule has 1 aromatic heterocycles. The Morgan fingerprint density at radius 1 is 1.09 bits per heavy atom. The van der Waals surface area contributed by atoms with Crippen LogP contribution in [0.5, 0.6) is 5.75 Å². The second-order valence-corrected chi connectivity index (χ2v) is 7.64. The first-order chi connectivity index (χ1) is 15.4. The van der Waals surface area contributed by atoms with Crippen LogP contribution in [0.4, 0.5) is 10.1 Å². The van der Waals surface area contributed by atoms with E-state index in [2.05, 4.69) is 5.32 Å². The largest absolute Gasteiger partial charge is 0.481 e. The van der Waals surface area contributed by atoms with Crippen molar-refractivity contribution in [2.45, 2.75) is 6.92 Å². The minimum Gasteiger partial charge on any atom is -0.481 e. The average molecular weight is 438 g/mol. The maximum atomic E-state index is 13.6. The first-order valence-corrected chi connectivity index (χ1v) is 10.2. The van der Waals surface area contributed by atoms with Crippen molar-refractivity contribution in [2.24, 2.45) is 13.0 Å². The molecule has 1 saturated heterocycles. The molecule has 1 aliphatic heterocycles. The number of amides is 2. The third kappa shape index (κ3) is 4.01. The Balaban J connectivity index is 1.36. The lowest BCUT2D eigenvalue weighted by atomic mass is 9.99. The fourth-order valence-electron chi connectivity index (χ4n) is 3.58. The molecule has 0 aliphatic carbocycles. The molecule has 0 bridgehead atoms. The molecule has 2 heterocycles. The number of benzene rings is 2. The molecule has 32 heavy (non-hydrogen) atoms. The van der Waals surface area contributed by atoms with Crippen molar-refractivity contribution in [3.8, 4) is 11.4 Å². The molecule has 1 fully saturated rings. The fraction of sp³-hybridized carbons (Fsp3) is 0.261. The van der Waals surface area contributed by atoms with Gasteiger partial charge in [0.2, 0.25) is 5.91 Å². The van der Waals surface area contributed by atoms with Gasteiger partial charge < -0.3 is 15.0 Å². The smallest absolute Gasteiger partial charge is 0.295 e. The van der Waals surface area contributed by atoms with Crippen LogP contribution in [0, 0.1) is 18.7 Å². The van der Waals surface area contributed by atoms with E-state index in [-0.39, 0.29) is 48.5 Å². The van der Waals surface area contributed by atoms with E-state index in [0.29, 0.717) is 11.4 Å². The zero-order valence-electron chi connectivity index (χ0n) is 17.7. The van der Waals surface area contributed by atoms with Crippen LogP contribution in [0.15, 0.2) is 59.4 Å². The van der Waals surface area contributed by atoms with Crippen LogP contribution >= 0.6 is 0 Å². The number of carbonyl (C=O) groups excluding carboxylic acids is 2. The highest BCUT2D eigenvalue weighted by atomic mass is 19.1. The topological polar surface area (TPSA) is 85.6 Å². The first kappa shape index (κ1) is 21.4. The molecule has 0 radical (unpaired) electrons. The summed E-state index contributed by atoms with van der Waals surface area (Å²) >= 11 is 0. The number of nitrogens with zero attached hydrogens (tertiary/aromatic N) is 3. The van der Waals surface area contributed by atoms with E-state index in [1.54, 1.807) is 24.7 Å². The number of hydrogen-bond acceptors (Lipinski definition) is 4. The van der Waals surface area contributed by atoms with Crippen molar-refractivity contribution in [1.29, 1.82) is 0 Å². The summed E-state index contributed by atoms with van der Waals surface area (Å²) in [5, 5.41) is 2.72. The van der Waals surface area contributed by atoms with Crippen molar-refractivity contribution in [3.05, 3.63) is 76.5 Å². The zero-order chi connectivity index (χ0) is 22.8. The molecule has 1 N–H and O–H groups in total. The number of carbonyl (C=O) groups is 2. The van der Waals surface area contributed by atoms with Gasteiger partial charge in [-0.05, 0) is 31.2 Å². The van der Waals surface area contributed by atoms with E-state index in [4.69, 9.17) is 4.74 Å². The molecule has 4 rings (SSSR count). The van der Waals surface area contributed by atoms with Crippen LogP contribution in [0.2, 0.25) is 0 Å². The predicted octanol–water partition coefficient (Wildman–Crippen LogP) is 2.10. The number of hydrogen-bond donors (Lipinski definition) is 1. The standard InChI is InChI=1S/C23H23FN4O4/c1-15-21(23(31)28(26(15)2)17-8-4-3-5-9-17)25-22(30)16-12-27(13-16)20(29)14-32-19-11-7-6-10-18(19)24/h3-11,16H,12-14H2,1-2H3,(H,25,30). The van der Waals surface area contributed by atoms with Gasteiger partial charge in [-0.3, -0.25) is 19.1 Å². The molecular formula is C23H23FN4O4. The highest BCUT2D eigenvalue weighted by Crippen LogP contribution is 2.21. The molecule has 9 heteroatoms. The molecule has 2 aromatic carbocycles. The highest BCUT2D eigenvalue weighted by Gasteiger charge is 2.36. The number of likely N-dealkylation sites (tertiary alicyclic amines) is 1. The summed E-state index contributed by atoms with van der Waals surface area (Å²) in [4.78, 5) is 39.3. The molecule has 0 spiro atoms. The second kappa shape index (κ2) is 8.70. The van der Waals surface area contributed by atoms with Gasteiger partial charge in [-0.15, -0.1) is 0 Å². The van der Waals surface area contributed by atoms with Gasteiger partial charge >= 0.3 is 0 Å². The van der Waals surface area contributed by atoms with Gasteiger partial charge in [0.05, 0.1) is 17.3 Å². The maximum Gasteiger partial charge on any atom is 0.295 e. The summed E-state index contributed by atoms with van der Waals surface area (Å²) in [7, 11) is 1.75. The molecule has 0 saturated carbocycles. The van der Waals surface area contributed by atoms with Gasteiger partial charge in [0.25, 0.3) is 11.5 Å². The predicted molar refractivity (Wildman–Crippen MR) is 116 cm³/mol. The summed E-state index contributed by atoms with van der Waals surface area (Å²) in [6.45, 7) is 1.87. The third-order valence-corrected chi connectivity index (χ3v) is 5.60. The van der Waals surface area contributed by atoms with Gasteiger partial charge in [0.15, 0.2) is 18.2 Å². The quantitative estimate of drug-likeness (QED) is 0.639. The van der Waals surface area contributed by atoms with E-state index >= 15 is 0 Å². The Morgan fingerprint density at radius 2 is 1.75 bits per heavy atom. The van der Waals surface area contributed by atoms with E-state index in [0.717, 1.165) is 0 Å². The van der Waals surface area contributed by atoms with Gasteiger partial charge in [0.1, 0.15) is 5.69 Å². The third-order valence-electron chi connectivity index (χ3n) is 5.60. The molecule has 0 unspecified atom stereocenters. The van der Waals surface area contributed by atoms with Gasteiger partial charge in [-0.25, -0.2) is 9.07 Å². The molecule has 1 aliphatic rings. The molecule has 2 amide bonds. The normalized spacial score (nSPS) is 13.5. The average Bonchev–Trinajstić information content (AvgIpc) is 2.96. The van der Waals surface area contributed by atoms with Crippen molar-refractivity contribution >= 4 is 17.5 Å². The summed E-state index contributed by atoms with van der Waals surface area (Å²) in [6, 6.07) is 15.0. The van der Waals surface area contributed by atoms with Crippen LogP contribution in [0.3, 0.4) is 0 Å². The second-order valence-electron chi connectivity index (χ2n) is 7.64. The van der Waals surface area contributed by atoms with Crippen molar-refractivity contribution in [3.63, 3.8) is 0 Å². The molecule has 0 atom stereocenters. The van der Waals surface area contributed by atoms with Crippen LogP contribution < -0.4 is 15.6 Å². The van der Waals surface area contributed by atoms with Crippen LogP contribution in [0.1, 0.15) is 5.69 Å². The van der Waals surface area contributed by atoms with E-state index < -0.39 is 11.7 Å². The number of ether oxygens (including phenoxy) is 1. The molecular weight excluding hydrogens is 415 g/mol. The monoisotopic (exact) mass is 438 g/mol. The molecule has 3 aromatic rings. The minimum absolute atomic E-state index is 0.00455. The van der Waals surface area contributed by atoms with E-state index in [9.17, 15) is 18.8 Å². The zero-order valence-corrected chi connectivity index (χ0v) is 17.7. The SMILES string of the molecule is Cc1c(NC(=O)C2CN(C(=O)COc3ccccc3F)C2)c(=O)n(-c2ccccc2)n1C. The highest BCUT2D eigenvalue weighted by molar-refractivity contribution is 5.95. The summed E-state index contributed by atoms with van der Waals surface area (Å²) in [6.07, 6.45) is 0. The van der Waals surface area contributed by atoms with Crippen molar-refractivity contribution in [1.82, 2.24) is 14.3 Å². The lowest BCUT2D eigenvalue weighted by molar-refractivity contribution is -0.143. The number of para-hydroxylation sites is 2.